The molecule has 0 unspecified atom stereocenters. The van der Waals surface area contributed by atoms with E-state index in [2.05, 4.69) is 54.6 Å². The molecule has 100 valence electrons. The van der Waals surface area contributed by atoms with Crippen molar-refractivity contribution in [1.29, 1.82) is 0 Å². The highest BCUT2D eigenvalue weighted by Crippen LogP contribution is 2.25. The van der Waals surface area contributed by atoms with Crippen LogP contribution in [0.2, 0.25) is 0 Å². The SMILES string of the molecule is OCc1ccc(SCc2ccc3ccccc3c2)cc1. The number of benzene rings is 3. The average molecular weight is 280 g/mol. The van der Waals surface area contributed by atoms with Crippen molar-refractivity contribution in [3.8, 4) is 0 Å². The Kier molecular flexibility index (Phi) is 4.05. The monoisotopic (exact) mass is 280 g/mol. The maximum atomic E-state index is 9.03. The summed E-state index contributed by atoms with van der Waals surface area (Å²) in [4.78, 5) is 1.23. The summed E-state index contributed by atoms with van der Waals surface area (Å²) in [7, 11) is 0. The highest BCUT2D eigenvalue weighted by atomic mass is 32.2. The van der Waals surface area contributed by atoms with E-state index in [1.807, 2.05) is 23.9 Å². The van der Waals surface area contributed by atoms with Crippen LogP contribution in [0.4, 0.5) is 0 Å². The number of hydrogen-bond donors (Lipinski definition) is 1. The van der Waals surface area contributed by atoms with Crippen LogP contribution in [0.1, 0.15) is 11.1 Å². The fourth-order valence-corrected chi connectivity index (χ4v) is 3.03. The largest absolute Gasteiger partial charge is 0.392 e. The van der Waals surface area contributed by atoms with Crippen LogP contribution in [-0.4, -0.2) is 5.11 Å². The third kappa shape index (κ3) is 3.03. The van der Waals surface area contributed by atoms with E-state index in [1.165, 1.54) is 21.2 Å². The van der Waals surface area contributed by atoms with Crippen molar-refractivity contribution in [2.45, 2.75) is 17.3 Å². The third-order valence-corrected chi connectivity index (χ3v) is 4.41. The average Bonchev–Trinajstić information content (AvgIpc) is 2.53. The van der Waals surface area contributed by atoms with E-state index in [0.29, 0.717) is 0 Å². The molecule has 0 spiro atoms. The molecule has 0 saturated carbocycles. The molecule has 0 fully saturated rings. The molecule has 20 heavy (non-hydrogen) atoms. The Balaban J connectivity index is 1.72. The zero-order chi connectivity index (χ0) is 13.8. The Morgan fingerprint density at radius 2 is 1.45 bits per heavy atom. The molecule has 1 nitrogen and oxygen atoms in total. The van der Waals surface area contributed by atoms with Crippen molar-refractivity contribution >= 4 is 22.5 Å². The minimum Gasteiger partial charge on any atom is -0.392 e. The van der Waals surface area contributed by atoms with E-state index in [0.717, 1.165) is 11.3 Å². The summed E-state index contributed by atoms with van der Waals surface area (Å²) in [5, 5.41) is 11.6. The molecule has 0 amide bonds. The molecular weight excluding hydrogens is 264 g/mol. The first-order chi connectivity index (χ1) is 9.85. The highest BCUT2D eigenvalue weighted by molar-refractivity contribution is 7.98. The van der Waals surface area contributed by atoms with Gasteiger partial charge < -0.3 is 5.11 Å². The minimum atomic E-state index is 0.107. The first kappa shape index (κ1) is 13.2. The van der Waals surface area contributed by atoms with Crippen molar-refractivity contribution in [3.63, 3.8) is 0 Å². The van der Waals surface area contributed by atoms with Crippen LogP contribution >= 0.6 is 11.8 Å². The highest BCUT2D eigenvalue weighted by Gasteiger charge is 1.99. The van der Waals surface area contributed by atoms with Crippen LogP contribution in [0.25, 0.3) is 10.8 Å². The fourth-order valence-electron chi connectivity index (χ4n) is 2.19. The predicted molar refractivity (Wildman–Crippen MR) is 85.9 cm³/mol. The summed E-state index contributed by atoms with van der Waals surface area (Å²) in [6, 6.07) is 23.1. The van der Waals surface area contributed by atoms with Gasteiger partial charge in [-0.15, -0.1) is 11.8 Å². The summed E-state index contributed by atoms with van der Waals surface area (Å²) in [6.07, 6.45) is 0. The summed E-state index contributed by atoms with van der Waals surface area (Å²) in [5.74, 6) is 0.962. The number of rotatable bonds is 4. The van der Waals surface area contributed by atoms with Crippen molar-refractivity contribution in [2.24, 2.45) is 0 Å². The second-order valence-corrected chi connectivity index (χ2v) is 5.82. The van der Waals surface area contributed by atoms with Crippen molar-refractivity contribution in [3.05, 3.63) is 77.9 Å². The van der Waals surface area contributed by atoms with Gasteiger partial charge in [-0.05, 0) is 34.0 Å². The van der Waals surface area contributed by atoms with Gasteiger partial charge in [0.25, 0.3) is 0 Å². The Morgan fingerprint density at radius 1 is 0.750 bits per heavy atom. The maximum absolute atomic E-state index is 9.03. The number of aliphatic hydroxyl groups excluding tert-OH is 1. The summed E-state index contributed by atoms with van der Waals surface area (Å²) in [6.45, 7) is 0.107. The molecule has 1 N–H and O–H groups in total. The second-order valence-electron chi connectivity index (χ2n) is 4.77. The molecule has 0 saturated heterocycles. The van der Waals surface area contributed by atoms with Gasteiger partial charge in [-0.1, -0.05) is 54.6 Å². The van der Waals surface area contributed by atoms with E-state index < -0.39 is 0 Å². The van der Waals surface area contributed by atoms with Crippen molar-refractivity contribution in [2.75, 3.05) is 0 Å². The zero-order valence-electron chi connectivity index (χ0n) is 11.1. The quantitative estimate of drug-likeness (QED) is 0.703. The van der Waals surface area contributed by atoms with Crippen LogP contribution in [-0.2, 0) is 12.4 Å². The molecule has 3 aromatic rings. The first-order valence-corrected chi connectivity index (χ1v) is 7.64. The van der Waals surface area contributed by atoms with Gasteiger partial charge in [0.05, 0.1) is 6.61 Å². The van der Waals surface area contributed by atoms with E-state index in [4.69, 9.17) is 5.11 Å². The normalized spacial score (nSPS) is 10.8. The molecule has 2 heteroatoms. The Morgan fingerprint density at radius 3 is 2.20 bits per heavy atom. The first-order valence-electron chi connectivity index (χ1n) is 6.65. The predicted octanol–water partition coefficient (Wildman–Crippen LogP) is 4.62. The summed E-state index contributed by atoms with van der Waals surface area (Å²) < 4.78 is 0. The second kappa shape index (κ2) is 6.12. The molecule has 0 radical (unpaired) electrons. The van der Waals surface area contributed by atoms with Gasteiger partial charge in [-0.2, -0.15) is 0 Å². The van der Waals surface area contributed by atoms with Gasteiger partial charge in [0.15, 0.2) is 0 Å². The minimum absolute atomic E-state index is 0.107. The lowest BCUT2D eigenvalue weighted by Gasteiger charge is -2.05. The molecule has 3 aromatic carbocycles. The molecular formula is C18H16OS. The van der Waals surface area contributed by atoms with Gasteiger partial charge in [-0.25, -0.2) is 0 Å². The summed E-state index contributed by atoms with van der Waals surface area (Å²) >= 11 is 1.82. The molecule has 0 aromatic heterocycles. The number of fused-ring (bicyclic) bond motifs is 1. The smallest absolute Gasteiger partial charge is 0.0681 e. The lowest BCUT2D eigenvalue weighted by Crippen LogP contribution is -1.84. The molecule has 3 rings (SSSR count). The lowest BCUT2D eigenvalue weighted by molar-refractivity contribution is 0.282. The number of thioether (sulfide) groups is 1. The van der Waals surface area contributed by atoms with E-state index in [-0.39, 0.29) is 6.61 Å². The van der Waals surface area contributed by atoms with Crippen LogP contribution in [0, 0.1) is 0 Å². The fraction of sp³-hybridized carbons (Fsp3) is 0.111. The molecule has 0 bridgehead atoms. The molecule has 0 heterocycles. The molecule has 0 aliphatic carbocycles. The van der Waals surface area contributed by atoms with Gasteiger partial charge in [0.1, 0.15) is 0 Å². The Hall–Kier alpha value is -1.77. The number of aliphatic hydroxyl groups is 1. The van der Waals surface area contributed by atoms with Crippen LogP contribution in [0.15, 0.2) is 71.6 Å². The van der Waals surface area contributed by atoms with Crippen LogP contribution < -0.4 is 0 Å². The third-order valence-electron chi connectivity index (χ3n) is 3.33. The van der Waals surface area contributed by atoms with Gasteiger partial charge >= 0.3 is 0 Å². The van der Waals surface area contributed by atoms with Gasteiger partial charge in [0.2, 0.25) is 0 Å². The van der Waals surface area contributed by atoms with E-state index in [1.54, 1.807) is 0 Å². The Labute approximate surface area is 123 Å². The van der Waals surface area contributed by atoms with Crippen LogP contribution in [0.5, 0.6) is 0 Å². The van der Waals surface area contributed by atoms with E-state index in [9.17, 15) is 0 Å². The topological polar surface area (TPSA) is 20.2 Å². The van der Waals surface area contributed by atoms with Gasteiger partial charge in [-0.3, -0.25) is 0 Å². The standard InChI is InChI=1S/C18H16OS/c19-12-14-6-9-18(10-7-14)20-13-15-5-8-16-3-1-2-4-17(16)11-15/h1-11,19H,12-13H2. The van der Waals surface area contributed by atoms with E-state index >= 15 is 0 Å². The van der Waals surface area contributed by atoms with Crippen LogP contribution in [0.3, 0.4) is 0 Å². The van der Waals surface area contributed by atoms with Gasteiger partial charge in [0, 0.05) is 10.6 Å². The summed E-state index contributed by atoms with van der Waals surface area (Å²) in [5.41, 5.74) is 2.29. The maximum Gasteiger partial charge on any atom is 0.0681 e. The zero-order valence-corrected chi connectivity index (χ0v) is 11.9. The molecule has 0 aliphatic rings. The lowest BCUT2D eigenvalue weighted by atomic mass is 10.1. The molecule has 0 aliphatic heterocycles. The Bertz CT molecular complexity index is 704. The molecule has 0 atom stereocenters. The van der Waals surface area contributed by atoms with Crippen molar-refractivity contribution < 1.29 is 5.11 Å². The van der Waals surface area contributed by atoms with Crippen molar-refractivity contribution in [1.82, 2.24) is 0 Å². The number of hydrogen-bond acceptors (Lipinski definition) is 2.